The minimum absolute atomic E-state index is 0.0596. The van der Waals surface area contributed by atoms with E-state index in [-0.39, 0.29) is 10.5 Å². The Morgan fingerprint density at radius 3 is 2.29 bits per heavy atom. The summed E-state index contributed by atoms with van der Waals surface area (Å²) in [6, 6.07) is 10.0. The molecule has 2 bridgehead atoms. The van der Waals surface area contributed by atoms with Gasteiger partial charge in [0.05, 0.1) is 37.5 Å². The van der Waals surface area contributed by atoms with Gasteiger partial charge in [0.15, 0.2) is 26.1 Å². The standard InChI is InChI=1S/C27H39NO5Si/c1-24(2,3)34(7,8)32-15-20-21(14-29)27(16-26(6)30-17-25(4,5)18-31-26)28-22(23(20)33-27)19-12-10-9-11-13-19/h9-14,23H,15-18H2,1-8H3. The molecule has 3 aliphatic heterocycles. The van der Waals surface area contributed by atoms with Crippen LogP contribution in [0.3, 0.4) is 0 Å². The molecule has 4 rings (SSSR count). The van der Waals surface area contributed by atoms with E-state index in [4.69, 9.17) is 23.6 Å². The molecule has 0 saturated carbocycles. The average Bonchev–Trinajstić information content (AvgIpc) is 3.27. The number of carbonyl (C=O) groups excluding carboxylic acids is 1. The van der Waals surface area contributed by atoms with Crippen LogP contribution < -0.4 is 0 Å². The van der Waals surface area contributed by atoms with Crippen molar-refractivity contribution in [2.45, 2.75) is 83.7 Å². The number of aliphatic imine (C=N–C) groups is 1. The second-order valence-corrected chi connectivity index (χ2v) is 17.1. The Morgan fingerprint density at radius 2 is 1.74 bits per heavy atom. The van der Waals surface area contributed by atoms with Crippen molar-refractivity contribution >= 4 is 20.3 Å². The molecule has 1 aromatic carbocycles. The number of aldehydes is 1. The maximum Gasteiger partial charge on any atom is 0.194 e. The number of dihydropyridines is 1. The molecule has 34 heavy (non-hydrogen) atoms. The summed E-state index contributed by atoms with van der Waals surface area (Å²) in [5.74, 6) is -0.903. The minimum atomic E-state index is -2.04. The quantitative estimate of drug-likeness (QED) is 0.388. The van der Waals surface area contributed by atoms with Gasteiger partial charge in [0.25, 0.3) is 0 Å². The molecule has 0 amide bonds. The van der Waals surface area contributed by atoms with Crippen LogP contribution in [0, 0.1) is 5.41 Å². The van der Waals surface area contributed by atoms with Crippen LogP contribution in [0.5, 0.6) is 0 Å². The molecule has 186 valence electrons. The molecule has 2 unspecified atom stereocenters. The molecule has 0 spiro atoms. The minimum Gasteiger partial charge on any atom is -0.413 e. The lowest BCUT2D eigenvalue weighted by Gasteiger charge is -2.44. The van der Waals surface area contributed by atoms with Gasteiger partial charge in [0.2, 0.25) is 0 Å². The van der Waals surface area contributed by atoms with Gasteiger partial charge in [-0.15, -0.1) is 0 Å². The molecule has 0 aromatic heterocycles. The highest BCUT2D eigenvalue weighted by Crippen LogP contribution is 2.50. The van der Waals surface area contributed by atoms with Crippen LogP contribution in [0.2, 0.25) is 18.1 Å². The summed E-state index contributed by atoms with van der Waals surface area (Å²) in [6.07, 6.45) is 0.780. The van der Waals surface area contributed by atoms with Crippen molar-refractivity contribution in [3.05, 3.63) is 47.0 Å². The lowest BCUT2D eigenvalue weighted by atomic mass is 9.87. The van der Waals surface area contributed by atoms with Crippen LogP contribution in [0.15, 0.2) is 46.5 Å². The van der Waals surface area contributed by atoms with Gasteiger partial charge in [-0.2, -0.15) is 0 Å². The van der Waals surface area contributed by atoms with E-state index in [1.54, 1.807) is 0 Å². The maximum absolute atomic E-state index is 12.5. The summed E-state index contributed by atoms with van der Waals surface area (Å²) in [5, 5.41) is 0.0610. The Hall–Kier alpha value is -1.64. The predicted octanol–water partition coefficient (Wildman–Crippen LogP) is 5.28. The first-order valence-electron chi connectivity index (χ1n) is 12.1. The van der Waals surface area contributed by atoms with E-state index in [2.05, 4.69) is 47.7 Å². The van der Waals surface area contributed by atoms with Gasteiger partial charge in [-0.05, 0) is 30.6 Å². The smallest absolute Gasteiger partial charge is 0.194 e. The van der Waals surface area contributed by atoms with Gasteiger partial charge in [0, 0.05) is 11.0 Å². The molecule has 1 aromatic rings. The molecule has 3 aliphatic rings. The van der Waals surface area contributed by atoms with Crippen LogP contribution >= 0.6 is 0 Å². The molecule has 1 fully saturated rings. The van der Waals surface area contributed by atoms with E-state index in [1.165, 1.54) is 0 Å². The van der Waals surface area contributed by atoms with E-state index in [9.17, 15) is 4.79 Å². The van der Waals surface area contributed by atoms with Crippen molar-refractivity contribution in [2.75, 3.05) is 19.8 Å². The normalized spacial score (nSPS) is 28.2. The third-order valence-corrected chi connectivity index (χ3v) is 12.1. The number of carbonyl (C=O) groups is 1. The van der Waals surface area contributed by atoms with E-state index in [1.807, 2.05) is 37.3 Å². The van der Waals surface area contributed by atoms with Crippen molar-refractivity contribution in [3.63, 3.8) is 0 Å². The van der Waals surface area contributed by atoms with Gasteiger partial charge in [-0.1, -0.05) is 65.0 Å². The third-order valence-electron chi connectivity index (χ3n) is 7.62. The van der Waals surface area contributed by atoms with E-state index in [0.717, 1.165) is 23.1 Å². The predicted molar refractivity (Wildman–Crippen MR) is 136 cm³/mol. The molecule has 3 heterocycles. The van der Waals surface area contributed by atoms with Crippen LogP contribution in [0.1, 0.15) is 53.5 Å². The van der Waals surface area contributed by atoms with Crippen molar-refractivity contribution in [1.82, 2.24) is 0 Å². The van der Waals surface area contributed by atoms with Crippen molar-refractivity contribution in [3.8, 4) is 0 Å². The van der Waals surface area contributed by atoms with Gasteiger partial charge < -0.3 is 18.6 Å². The Balaban J connectivity index is 1.70. The first kappa shape index (κ1) is 25.4. The molecule has 0 aliphatic carbocycles. The summed E-state index contributed by atoms with van der Waals surface area (Å²) in [4.78, 5) is 17.5. The lowest BCUT2D eigenvalue weighted by molar-refractivity contribution is -0.303. The fourth-order valence-corrected chi connectivity index (χ4v) is 5.35. The molecule has 1 saturated heterocycles. The maximum atomic E-state index is 12.5. The number of hydrogen-bond acceptors (Lipinski definition) is 6. The van der Waals surface area contributed by atoms with E-state index >= 15 is 0 Å². The van der Waals surface area contributed by atoms with Crippen molar-refractivity contribution < 1.29 is 23.4 Å². The molecule has 0 radical (unpaired) electrons. The number of hydrogen-bond donors (Lipinski definition) is 0. The Labute approximate surface area is 204 Å². The number of ether oxygens (including phenoxy) is 3. The van der Waals surface area contributed by atoms with E-state index in [0.29, 0.717) is 31.8 Å². The first-order valence-corrected chi connectivity index (χ1v) is 15.1. The second-order valence-electron chi connectivity index (χ2n) is 12.3. The van der Waals surface area contributed by atoms with Crippen LogP contribution in [0.4, 0.5) is 0 Å². The monoisotopic (exact) mass is 485 g/mol. The molecular weight excluding hydrogens is 446 g/mol. The number of nitrogens with zero attached hydrogens (tertiary/aromatic N) is 1. The first-order chi connectivity index (χ1) is 15.7. The van der Waals surface area contributed by atoms with Crippen LogP contribution in [0.25, 0.3) is 0 Å². The van der Waals surface area contributed by atoms with Gasteiger partial charge in [-0.3, -0.25) is 4.79 Å². The number of fused-ring (bicyclic) bond motifs is 2. The molecule has 2 atom stereocenters. The van der Waals surface area contributed by atoms with Crippen LogP contribution in [-0.2, 0) is 23.4 Å². The Morgan fingerprint density at radius 1 is 1.12 bits per heavy atom. The highest BCUT2D eigenvalue weighted by Gasteiger charge is 2.58. The number of benzene rings is 1. The third kappa shape index (κ3) is 4.61. The van der Waals surface area contributed by atoms with Crippen molar-refractivity contribution in [1.29, 1.82) is 0 Å². The summed E-state index contributed by atoms with van der Waals surface area (Å²) >= 11 is 0. The fourth-order valence-electron chi connectivity index (χ4n) is 4.40. The zero-order valence-electron chi connectivity index (χ0n) is 21.9. The zero-order valence-corrected chi connectivity index (χ0v) is 22.9. The summed E-state index contributed by atoms with van der Waals surface area (Å²) in [6.45, 7) is 18.7. The summed E-state index contributed by atoms with van der Waals surface area (Å²) < 4.78 is 25.5. The largest absolute Gasteiger partial charge is 0.413 e. The average molecular weight is 486 g/mol. The Kier molecular flexibility index (Phi) is 6.35. The van der Waals surface area contributed by atoms with Gasteiger partial charge >= 0.3 is 0 Å². The topological polar surface area (TPSA) is 66.3 Å². The van der Waals surface area contributed by atoms with Gasteiger partial charge in [-0.25, -0.2) is 4.99 Å². The molecule has 0 N–H and O–H groups in total. The fraction of sp³-hybridized carbons (Fsp3) is 0.630. The zero-order chi connectivity index (χ0) is 25.0. The SMILES string of the molecule is CC1(C)COC(C)(CC23N=C(c4ccccc4)C(O2)C(CO[Si](C)(C)C(C)(C)C)=C3C=O)OC1. The lowest BCUT2D eigenvalue weighted by Crippen LogP contribution is -2.50. The Bertz CT molecular complexity index is 998. The highest BCUT2D eigenvalue weighted by atomic mass is 28.4. The number of rotatable bonds is 7. The molecular formula is C27H39NO5Si. The van der Waals surface area contributed by atoms with Gasteiger partial charge in [0.1, 0.15) is 6.10 Å². The summed E-state index contributed by atoms with van der Waals surface area (Å²) in [7, 11) is -2.04. The van der Waals surface area contributed by atoms with Crippen LogP contribution in [-0.4, -0.2) is 57.8 Å². The van der Waals surface area contributed by atoms with E-state index < -0.39 is 25.9 Å². The highest BCUT2D eigenvalue weighted by molar-refractivity contribution is 6.74. The summed E-state index contributed by atoms with van der Waals surface area (Å²) in [5.41, 5.74) is 2.04. The van der Waals surface area contributed by atoms with Crippen molar-refractivity contribution in [2.24, 2.45) is 10.4 Å². The molecule has 6 nitrogen and oxygen atoms in total. The second kappa shape index (κ2) is 8.49. The molecule has 7 heteroatoms.